The van der Waals surface area contributed by atoms with Crippen LogP contribution >= 0.6 is 24.0 Å². The third-order valence-corrected chi connectivity index (χ3v) is 4.45. The highest BCUT2D eigenvalue weighted by atomic mass is 127. The first kappa shape index (κ1) is 19.9. The maximum Gasteiger partial charge on any atom is 0.189 e. The van der Waals surface area contributed by atoms with Gasteiger partial charge in [0.25, 0.3) is 0 Å². The summed E-state index contributed by atoms with van der Waals surface area (Å²) in [7, 11) is 3.47. The predicted octanol–water partition coefficient (Wildman–Crippen LogP) is 2.14. The largest absolute Gasteiger partial charge is 0.383 e. The average molecular weight is 399 g/mol. The molecule has 3 N–H and O–H groups in total. The fourth-order valence-corrected chi connectivity index (χ4v) is 3.16. The summed E-state index contributed by atoms with van der Waals surface area (Å²) in [4.78, 5) is 4.65. The van der Waals surface area contributed by atoms with E-state index < -0.39 is 0 Å². The molecular formula is C14H30IN3O2. The summed E-state index contributed by atoms with van der Waals surface area (Å²) >= 11 is 0. The third-order valence-electron chi connectivity index (χ3n) is 4.45. The topological polar surface area (TPSA) is 68.9 Å². The van der Waals surface area contributed by atoms with E-state index in [0.29, 0.717) is 18.7 Å². The van der Waals surface area contributed by atoms with E-state index in [4.69, 9.17) is 15.2 Å². The van der Waals surface area contributed by atoms with Gasteiger partial charge in [-0.25, -0.2) is 4.99 Å². The van der Waals surface area contributed by atoms with Gasteiger partial charge < -0.3 is 20.5 Å². The van der Waals surface area contributed by atoms with Gasteiger partial charge in [-0.15, -0.1) is 24.0 Å². The Morgan fingerprint density at radius 2 is 2.00 bits per heavy atom. The molecule has 0 aromatic carbocycles. The molecule has 0 radical (unpaired) electrons. The van der Waals surface area contributed by atoms with E-state index in [1.165, 1.54) is 0 Å². The Balaban J connectivity index is 0.00000361. The molecule has 1 fully saturated rings. The number of nitrogens with one attached hydrogen (secondary N) is 1. The third kappa shape index (κ3) is 4.21. The van der Waals surface area contributed by atoms with Crippen molar-refractivity contribution in [1.29, 1.82) is 0 Å². The lowest BCUT2D eigenvalue weighted by molar-refractivity contribution is -0.111. The van der Waals surface area contributed by atoms with Crippen LogP contribution in [0.5, 0.6) is 0 Å². The van der Waals surface area contributed by atoms with Crippen molar-refractivity contribution >= 4 is 29.9 Å². The monoisotopic (exact) mass is 399 g/mol. The van der Waals surface area contributed by atoms with Gasteiger partial charge in [-0.2, -0.15) is 0 Å². The zero-order valence-corrected chi connectivity index (χ0v) is 15.6. The van der Waals surface area contributed by atoms with Gasteiger partial charge in [0.15, 0.2) is 5.96 Å². The first-order valence-electron chi connectivity index (χ1n) is 7.15. The van der Waals surface area contributed by atoms with Crippen molar-refractivity contribution in [2.45, 2.75) is 58.2 Å². The van der Waals surface area contributed by atoms with Crippen LogP contribution in [0.2, 0.25) is 0 Å². The first-order valence-corrected chi connectivity index (χ1v) is 7.15. The van der Waals surface area contributed by atoms with Crippen LogP contribution in [0.3, 0.4) is 0 Å². The second-order valence-electron chi connectivity index (χ2n) is 5.43. The van der Waals surface area contributed by atoms with Gasteiger partial charge in [0.1, 0.15) is 0 Å². The molecule has 120 valence electrons. The van der Waals surface area contributed by atoms with Crippen molar-refractivity contribution in [3.05, 3.63) is 0 Å². The zero-order chi connectivity index (χ0) is 14.5. The minimum absolute atomic E-state index is 0. The van der Waals surface area contributed by atoms with Crippen molar-refractivity contribution < 1.29 is 9.47 Å². The minimum atomic E-state index is 0. The molecule has 1 saturated carbocycles. The number of hydrogen-bond donors (Lipinski definition) is 2. The number of methoxy groups -OCH3 is 2. The second kappa shape index (κ2) is 9.04. The molecule has 0 spiro atoms. The molecule has 0 aliphatic heterocycles. The lowest BCUT2D eigenvalue weighted by atomic mass is 9.59. The van der Waals surface area contributed by atoms with Crippen molar-refractivity contribution in [3.8, 4) is 0 Å². The highest BCUT2D eigenvalue weighted by molar-refractivity contribution is 14.0. The molecule has 1 aliphatic rings. The molecule has 0 saturated heterocycles. The first-order chi connectivity index (χ1) is 9.03. The van der Waals surface area contributed by atoms with Gasteiger partial charge >= 0.3 is 0 Å². The zero-order valence-electron chi connectivity index (χ0n) is 13.3. The Kier molecular flexibility index (Phi) is 9.01. The average Bonchev–Trinajstić information content (AvgIpc) is 2.36. The number of nitrogens with two attached hydrogens (primary N) is 1. The number of ether oxygens (including phenoxy) is 2. The van der Waals surface area contributed by atoms with E-state index in [1.807, 2.05) is 6.92 Å². The van der Waals surface area contributed by atoms with Crippen LogP contribution in [0.15, 0.2) is 4.99 Å². The van der Waals surface area contributed by atoms with Crippen LogP contribution in [0.4, 0.5) is 0 Å². The van der Waals surface area contributed by atoms with E-state index in [0.717, 1.165) is 19.3 Å². The number of guanidine groups is 1. The summed E-state index contributed by atoms with van der Waals surface area (Å²) in [5, 5.41) is 3.16. The van der Waals surface area contributed by atoms with E-state index in [-0.39, 0.29) is 41.5 Å². The van der Waals surface area contributed by atoms with Gasteiger partial charge in [-0.05, 0) is 26.2 Å². The lowest BCUT2D eigenvalue weighted by Gasteiger charge is -2.53. The molecule has 3 unspecified atom stereocenters. The molecule has 1 aliphatic carbocycles. The summed E-state index contributed by atoms with van der Waals surface area (Å²) in [5.41, 5.74) is 6.12. The van der Waals surface area contributed by atoms with E-state index in [1.54, 1.807) is 14.2 Å². The van der Waals surface area contributed by atoms with Crippen LogP contribution in [0.1, 0.15) is 40.0 Å². The molecular weight excluding hydrogens is 369 g/mol. The highest BCUT2D eigenvalue weighted by Gasteiger charge is 2.53. The van der Waals surface area contributed by atoms with Crippen LogP contribution in [0, 0.1) is 5.41 Å². The normalized spacial score (nSPS) is 26.4. The quantitative estimate of drug-likeness (QED) is 0.391. The van der Waals surface area contributed by atoms with Gasteiger partial charge in [-0.3, -0.25) is 0 Å². The predicted molar refractivity (Wildman–Crippen MR) is 93.7 cm³/mol. The highest BCUT2D eigenvalue weighted by Crippen LogP contribution is 2.50. The smallest absolute Gasteiger partial charge is 0.189 e. The number of rotatable bonds is 7. The second-order valence-corrected chi connectivity index (χ2v) is 5.43. The Labute approximate surface area is 140 Å². The Morgan fingerprint density at radius 1 is 1.40 bits per heavy atom. The molecule has 0 aromatic heterocycles. The molecule has 5 nitrogen and oxygen atoms in total. The standard InChI is InChI=1S/C14H29N3O2.HI/c1-6-14(7-2)11(8-12(14)19-5)17-13(15)16-10(3)9-18-4;/h10-12H,6-9H2,1-5H3,(H3,15,16,17);1H. The molecule has 3 atom stereocenters. The Bertz CT molecular complexity index is 309. The van der Waals surface area contributed by atoms with Gasteiger partial charge in [0, 0.05) is 25.7 Å². The van der Waals surface area contributed by atoms with E-state index >= 15 is 0 Å². The summed E-state index contributed by atoms with van der Waals surface area (Å²) in [6.07, 6.45) is 3.40. The fraction of sp³-hybridized carbons (Fsp3) is 0.929. The number of aliphatic imine (C=N–C) groups is 1. The molecule has 0 amide bonds. The molecule has 0 aromatic rings. The SMILES string of the molecule is CCC1(CC)C(N=C(N)NC(C)COC)CC1OC.I. The molecule has 0 heterocycles. The summed E-state index contributed by atoms with van der Waals surface area (Å²) in [6.45, 7) is 7.05. The molecule has 1 rings (SSSR count). The minimum Gasteiger partial charge on any atom is -0.383 e. The number of nitrogens with zero attached hydrogens (tertiary/aromatic N) is 1. The number of hydrogen-bond acceptors (Lipinski definition) is 3. The molecule has 0 bridgehead atoms. The number of halogens is 1. The van der Waals surface area contributed by atoms with Crippen LogP contribution in [0.25, 0.3) is 0 Å². The van der Waals surface area contributed by atoms with E-state index in [9.17, 15) is 0 Å². The maximum atomic E-state index is 5.98. The summed E-state index contributed by atoms with van der Waals surface area (Å²) < 4.78 is 10.6. The maximum absolute atomic E-state index is 5.98. The Hall–Kier alpha value is -0.0800. The fourth-order valence-electron chi connectivity index (χ4n) is 3.16. The Morgan fingerprint density at radius 3 is 2.45 bits per heavy atom. The van der Waals surface area contributed by atoms with Crippen LogP contribution < -0.4 is 11.1 Å². The van der Waals surface area contributed by atoms with Crippen LogP contribution in [-0.2, 0) is 9.47 Å². The van der Waals surface area contributed by atoms with Gasteiger partial charge in [-0.1, -0.05) is 13.8 Å². The van der Waals surface area contributed by atoms with Gasteiger partial charge in [0.05, 0.1) is 18.8 Å². The van der Waals surface area contributed by atoms with E-state index in [2.05, 4.69) is 24.2 Å². The van der Waals surface area contributed by atoms with Crippen molar-refractivity contribution in [2.24, 2.45) is 16.1 Å². The molecule has 6 heteroatoms. The van der Waals surface area contributed by atoms with Crippen molar-refractivity contribution in [3.63, 3.8) is 0 Å². The lowest BCUT2D eigenvalue weighted by Crippen LogP contribution is -2.57. The van der Waals surface area contributed by atoms with Crippen molar-refractivity contribution in [1.82, 2.24) is 5.32 Å². The van der Waals surface area contributed by atoms with Crippen molar-refractivity contribution in [2.75, 3.05) is 20.8 Å². The van der Waals surface area contributed by atoms with Crippen LogP contribution in [-0.4, -0.2) is 45.0 Å². The van der Waals surface area contributed by atoms with Gasteiger partial charge in [0.2, 0.25) is 0 Å². The molecule has 20 heavy (non-hydrogen) atoms. The summed E-state index contributed by atoms with van der Waals surface area (Å²) in [6, 6.07) is 0.430. The summed E-state index contributed by atoms with van der Waals surface area (Å²) in [5.74, 6) is 0.510.